The number of halogens is 4. The number of benzene rings is 2. The summed E-state index contributed by atoms with van der Waals surface area (Å²) in [4.78, 5) is 16.0. The Morgan fingerprint density at radius 1 is 1.17 bits per heavy atom. The van der Waals surface area contributed by atoms with Crippen molar-refractivity contribution in [2.75, 3.05) is 0 Å². The van der Waals surface area contributed by atoms with Crippen LogP contribution in [0, 0.1) is 6.92 Å². The maximum absolute atomic E-state index is 12.7. The molecule has 0 unspecified atom stereocenters. The van der Waals surface area contributed by atoms with Gasteiger partial charge in [-0.25, -0.2) is 0 Å². The molecule has 2 aromatic carbocycles. The zero-order valence-electron chi connectivity index (χ0n) is 15.6. The second kappa shape index (κ2) is 7.53. The number of pyridine rings is 1. The third-order valence-corrected chi connectivity index (χ3v) is 4.86. The van der Waals surface area contributed by atoms with Crippen LogP contribution < -0.4 is 10.2 Å². The Balaban J connectivity index is 1.60. The molecule has 1 N–H and O–H groups in total. The number of hydrogen-bond acceptors (Lipinski definition) is 3. The van der Waals surface area contributed by atoms with E-state index in [1.54, 1.807) is 42.2 Å². The molecule has 30 heavy (non-hydrogen) atoms. The Morgan fingerprint density at radius 2 is 1.90 bits per heavy atom. The summed E-state index contributed by atoms with van der Waals surface area (Å²) in [5.74, 6) is -0.281. The number of rotatable bonds is 4. The fourth-order valence-corrected chi connectivity index (χ4v) is 3.38. The highest BCUT2D eigenvalue weighted by Crippen LogP contribution is 2.25. The van der Waals surface area contributed by atoms with Gasteiger partial charge in [0.25, 0.3) is 0 Å². The van der Waals surface area contributed by atoms with Crippen molar-refractivity contribution in [1.82, 2.24) is 14.8 Å². The standard InChI is InChI=1S/C21H15ClF3N3O2/c1-12-19(27-18-7-4-15(22)8-17(18)20(12)29)14-9-26-28(11-14)10-13-2-5-16(6-3-13)30-21(23,24)25/h2-9,11H,10H2,1H3,(H,27,29). The summed E-state index contributed by atoms with van der Waals surface area (Å²) in [5, 5.41) is 5.29. The Morgan fingerprint density at radius 3 is 2.60 bits per heavy atom. The highest BCUT2D eigenvalue weighted by Gasteiger charge is 2.30. The number of nitrogens with one attached hydrogen (secondary N) is 1. The minimum atomic E-state index is -4.72. The average Bonchev–Trinajstić information content (AvgIpc) is 3.14. The lowest BCUT2D eigenvalue weighted by Crippen LogP contribution is -2.17. The van der Waals surface area contributed by atoms with Gasteiger partial charge < -0.3 is 9.72 Å². The number of ether oxygens (including phenoxy) is 1. The minimum absolute atomic E-state index is 0.116. The smallest absolute Gasteiger partial charge is 0.406 e. The lowest BCUT2D eigenvalue weighted by atomic mass is 10.1. The van der Waals surface area contributed by atoms with E-state index in [-0.39, 0.29) is 11.2 Å². The second-order valence-corrected chi connectivity index (χ2v) is 7.20. The van der Waals surface area contributed by atoms with Gasteiger partial charge in [-0.1, -0.05) is 23.7 Å². The molecule has 0 aliphatic rings. The van der Waals surface area contributed by atoms with Gasteiger partial charge in [0.1, 0.15) is 5.75 Å². The monoisotopic (exact) mass is 433 g/mol. The summed E-state index contributed by atoms with van der Waals surface area (Å²) in [7, 11) is 0. The van der Waals surface area contributed by atoms with E-state index >= 15 is 0 Å². The predicted octanol–water partition coefficient (Wildman–Crippen LogP) is 5.30. The van der Waals surface area contributed by atoms with Crippen LogP contribution in [0.15, 0.2) is 59.7 Å². The molecule has 9 heteroatoms. The molecule has 0 aliphatic carbocycles. The van der Waals surface area contributed by atoms with E-state index in [9.17, 15) is 18.0 Å². The van der Waals surface area contributed by atoms with Crippen LogP contribution in [0.4, 0.5) is 13.2 Å². The van der Waals surface area contributed by atoms with Crippen LogP contribution in [0.1, 0.15) is 11.1 Å². The molecule has 0 aliphatic heterocycles. The van der Waals surface area contributed by atoms with Gasteiger partial charge in [0.05, 0.1) is 18.4 Å². The zero-order chi connectivity index (χ0) is 21.5. The fourth-order valence-electron chi connectivity index (χ4n) is 3.21. The van der Waals surface area contributed by atoms with Crippen LogP contribution in [0.5, 0.6) is 5.75 Å². The molecule has 0 bridgehead atoms. The molecule has 0 fully saturated rings. The summed E-state index contributed by atoms with van der Waals surface area (Å²) in [6.45, 7) is 2.07. The number of aromatic nitrogens is 3. The van der Waals surface area contributed by atoms with Crippen LogP contribution >= 0.6 is 11.6 Å². The van der Waals surface area contributed by atoms with Crippen molar-refractivity contribution in [2.45, 2.75) is 19.8 Å². The molecule has 0 saturated heterocycles. The van der Waals surface area contributed by atoms with E-state index in [0.29, 0.717) is 33.7 Å². The van der Waals surface area contributed by atoms with Gasteiger partial charge in [0.2, 0.25) is 0 Å². The normalized spacial score (nSPS) is 11.8. The lowest BCUT2D eigenvalue weighted by molar-refractivity contribution is -0.274. The Hall–Kier alpha value is -3.26. The number of hydrogen-bond donors (Lipinski definition) is 1. The largest absolute Gasteiger partial charge is 0.573 e. The van der Waals surface area contributed by atoms with Crippen LogP contribution in [0.3, 0.4) is 0 Å². The molecule has 2 aromatic heterocycles. The van der Waals surface area contributed by atoms with Crippen molar-refractivity contribution in [1.29, 1.82) is 0 Å². The Labute approximate surface area is 173 Å². The fraction of sp³-hybridized carbons (Fsp3) is 0.143. The van der Waals surface area contributed by atoms with Crippen molar-refractivity contribution in [3.8, 4) is 17.0 Å². The first-order chi connectivity index (χ1) is 14.2. The number of nitrogens with zero attached hydrogens (tertiary/aromatic N) is 2. The van der Waals surface area contributed by atoms with Gasteiger partial charge in [0.15, 0.2) is 5.43 Å². The molecule has 0 radical (unpaired) electrons. The summed E-state index contributed by atoms with van der Waals surface area (Å²) >= 11 is 5.99. The van der Waals surface area contributed by atoms with Crippen molar-refractivity contribution < 1.29 is 17.9 Å². The van der Waals surface area contributed by atoms with Crippen LogP contribution in [-0.4, -0.2) is 21.1 Å². The summed E-state index contributed by atoms with van der Waals surface area (Å²) < 4.78 is 42.3. The molecule has 0 atom stereocenters. The van der Waals surface area contributed by atoms with E-state index in [1.165, 1.54) is 24.3 Å². The van der Waals surface area contributed by atoms with Crippen LogP contribution in [0.2, 0.25) is 5.02 Å². The Bertz CT molecular complexity index is 1280. The van der Waals surface area contributed by atoms with Crippen LogP contribution in [-0.2, 0) is 6.54 Å². The first kappa shape index (κ1) is 20.0. The average molecular weight is 434 g/mol. The predicted molar refractivity (Wildman–Crippen MR) is 108 cm³/mol. The SMILES string of the molecule is Cc1c(-c2cnn(Cc3ccc(OC(F)(F)F)cc3)c2)[nH]c2ccc(Cl)cc2c1=O. The molecular weight excluding hydrogens is 419 g/mol. The zero-order valence-corrected chi connectivity index (χ0v) is 16.4. The van der Waals surface area contributed by atoms with E-state index in [1.807, 2.05) is 0 Å². The number of fused-ring (bicyclic) bond motifs is 1. The van der Waals surface area contributed by atoms with Gasteiger partial charge in [-0.3, -0.25) is 9.48 Å². The third-order valence-electron chi connectivity index (χ3n) is 4.62. The molecule has 0 amide bonds. The highest BCUT2D eigenvalue weighted by molar-refractivity contribution is 6.31. The molecule has 0 saturated carbocycles. The summed E-state index contributed by atoms with van der Waals surface area (Å²) in [6, 6.07) is 10.7. The second-order valence-electron chi connectivity index (χ2n) is 6.76. The molecular formula is C21H15ClF3N3O2. The van der Waals surface area contributed by atoms with Crippen molar-refractivity contribution in [2.24, 2.45) is 0 Å². The van der Waals surface area contributed by atoms with Gasteiger partial charge in [0, 0.05) is 33.2 Å². The van der Waals surface area contributed by atoms with Crippen molar-refractivity contribution in [3.05, 3.63) is 81.2 Å². The van der Waals surface area contributed by atoms with Gasteiger partial charge in [-0.05, 0) is 42.8 Å². The maximum Gasteiger partial charge on any atom is 0.573 e. The first-order valence-corrected chi connectivity index (χ1v) is 9.27. The molecule has 5 nitrogen and oxygen atoms in total. The molecule has 0 spiro atoms. The summed E-state index contributed by atoms with van der Waals surface area (Å²) in [6.07, 6.45) is -1.33. The van der Waals surface area contributed by atoms with Gasteiger partial charge in [-0.15, -0.1) is 13.2 Å². The molecule has 154 valence electrons. The van der Waals surface area contributed by atoms with E-state index in [0.717, 1.165) is 11.1 Å². The first-order valence-electron chi connectivity index (χ1n) is 8.89. The van der Waals surface area contributed by atoms with E-state index < -0.39 is 6.36 Å². The van der Waals surface area contributed by atoms with Gasteiger partial charge >= 0.3 is 6.36 Å². The minimum Gasteiger partial charge on any atom is -0.406 e. The van der Waals surface area contributed by atoms with E-state index in [2.05, 4.69) is 14.8 Å². The van der Waals surface area contributed by atoms with E-state index in [4.69, 9.17) is 11.6 Å². The van der Waals surface area contributed by atoms with Crippen LogP contribution in [0.25, 0.3) is 22.2 Å². The summed E-state index contributed by atoms with van der Waals surface area (Å²) in [5.41, 5.74) is 3.20. The van der Waals surface area contributed by atoms with Crippen molar-refractivity contribution >= 4 is 22.5 Å². The third kappa shape index (κ3) is 4.18. The number of alkyl halides is 3. The van der Waals surface area contributed by atoms with Gasteiger partial charge in [-0.2, -0.15) is 5.10 Å². The maximum atomic E-state index is 12.7. The highest BCUT2D eigenvalue weighted by atomic mass is 35.5. The molecule has 4 aromatic rings. The quantitative estimate of drug-likeness (QED) is 0.475. The molecule has 2 heterocycles. The number of H-pyrrole nitrogens is 1. The lowest BCUT2D eigenvalue weighted by Gasteiger charge is -2.09. The topological polar surface area (TPSA) is 59.9 Å². The Kier molecular flexibility index (Phi) is 5.03. The number of aromatic amines is 1. The molecule has 4 rings (SSSR count). The van der Waals surface area contributed by atoms with Crippen molar-refractivity contribution in [3.63, 3.8) is 0 Å².